The highest BCUT2D eigenvalue weighted by Crippen LogP contribution is 2.22. The minimum absolute atomic E-state index is 0.408. The third-order valence-corrected chi connectivity index (χ3v) is 4.73. The van der Waals surface area contributed by atoms with E-state index in [4.69, 9.17) is 4.55 Å². The fourth-order valence-corrected chi connectivity index (χ4v) is 3.24. The molecule has 0 aromatic carbocycles. The van der Waals surface area contributed by atoms with Crippen LogP contribution in [0.1, 0.15) is 32.1 Å². The summed E-state index contributed by atoms with van der Waals surface area (Å²) in [7, 11) is -3.27. The lowest BCUT2D eigenvalue weighted by atomic mass is 9.89. The van der Waals surface area contributed by atoms with Crippen molar-refractivity contribution in [2.75, 3.05) is 18.8 Å². The van der Waals surface area contributed by atoms with E-state index in [-0.39, 0.29) is 0 Å². The van der Waals surface area contributed by atoms with E-state index in [1.807, 2.05) is 0 Å². The summed E-state index contributed by atoms with van der Waals surface area (Å²) in [6, 6.07) is 0. The highest BCUT2D eigenvalue weighted by molar-refractivity contribution is 8.69. The van der Waals surface area contributed by atoms with Crippen molar-refractivity contribution in [1.29, 1.82) is 0 Å². The molecule has 0 saturated heterocycles. The first-order chi connectivity index (χ1) is 7.08. The lowest BCUT2D eigenvalue weighted by Crippen LogP contribution is -2.26. The molecular weight excluding hydrogens is 234 g/mol. The number of nitrogens with one attached hydrogen (secondary N) is 1. The Morgan fingerprint density at radius 2 is 1.93 bits per heavy atom. The molecule has 0 amide bonds. The first kappa shape index (κ1) is 13.3. The molecule has 1 aliphatic rings. The van der Waals surface area contributed by atoms with Crippen molar-refractivity contribution in [3.05, 3.63) is 0 Å². The van der Waals surface area contributed by atoms with Gasteiger partial charge in [-0.3, -0.25) is 4.55 Å². The molecule has 0 aliphatic heterocycles. The van der Waals surface area contributed by atoms with E-state index in [9.17, 15) is 8.42 Å². The van der Waals surface area contributed by atoms with E-state index in [0.717, 1.165) is 12.5 Å². The molecule has 1 rings (SSSR count). The molecule has 0 aromatic heterocycles. The summed E-state index contributed by atoms with van der Waals surface area (Å²) in [6.07, 6.45) is 6.59. The van der Waals surface area contributed by atoms with Crippen LogP contribution in [0.25, 0.3) is 0 Å². The second-order valence-corrected chi connectivity index (χ2v) is 7.43. The smallest absolute Gasteiger partial charge is 0.316 e. The third-order valence-electron chi connectivity index (χ3n) is 2.67. The first-order valence-corrected chi connectivity index (χ1v) is 8.35. The van der Waals surface area contributed by atoms with Gasteiger partial charge in [0.05, 0.1) is 0 Å². The molecule has 0 bridgehead atoms. The summed E-state index contributed by atoms with van der Waals surface area (Å²) in [5.74, 6) is 1.17. The second-order valence-electron chi connectivity index (χ2n) is 3.96. The predicted octanol–water partition coefficient (Wildman–Crippen LogP) is 1.69. The SMILES string of the molecule is O=S(=O)(O)SCCNCC1CCCCC1. The Bertz CT molecular complexity index is 261. The van der Waals surface area contributed by atoms with Gasteiger partial charge < -0.3 is 5.32 Å². The highest BCUT2D eigenvalue weighted by atomic mass is 33.1. The Hall–Kier alpha value is 0.220. The number of hydrogen-bond donors (Lipinski definition) is 2. The van der Waals surface area contributed by atoms with Crippen molar-refractivity contribution in [2.24, 2.45) is 5.92 Å². The zero-order valence-corrected chi connectivity index (χ0v) is 10.4. The average Bonchev–Trinajstić information content (AvgIpc) is 2.17. The van der Waals surface area contributed by atoms with Crippen LogP contribution < -0.4 is 5.32 Å². The third kappa shape index (κ3) is 7.16. The van der Waals surface area contributed by atoms with E-state index < -0.39 is 9.15 Å². The van der Waals surface area contributed by atoms with E-state index in [1.54, 1.807) is 0 Å². The average molecular weight is 253 g/mol. The zero-order valence-electron chi connectivity index (χ0n) is 8.81. The van der Waals surface area contributed by atoms with Gasteiger partial charge in [-0.1, -0.05) is 19.3 Å². The fraction of sp³-hybridized carbons (Fsp3) is 1.00. The number of hydrogen-bond acceptors (Lipinski definition) is 4. The monoisotopic (exact) mass is 253 g/mol. The molecule has 4 nitrogen and oxygen atoms in total. The molecule has 6 heteroatoms. The van der Waals surface area contributed by atoms with E-state index in [2.05, 4.69) is 5.32 Å². The summed E-state index contributed by atoms with van der Waals surface area (Å²) in [5, 5.41) is 3.23. The molecular formula is C9H19NO3S2. The molecule has 1 aliphatic carbocycles. The predicted molar refractivity (Wildman–Crippen MR) is 63.5 cm³/mol. The van der Waals surface area contributed by atoms with Crippen molar-refractivity contribution in [3.63, 3.8) is 0 Å². The molecule has 0 atom stereocenters. The van der Waals surface area contributed by atoms with Crippen LogP contribution in [-0.2, 0) is 9.15 Å². The molecule has 0 unspecified atom stereocenters. The zero-order chi connectivity index (χ0) is 11.1. The Kier molecular flexibility index (Phi) is 5.96. The van der Waals surface area contributed by atoms with Crippen LogP contribution in [0, 0.1) is 5.92 Å². The van der Waals surface area contributed by atoms with Crippen molar-refractivity contribution in [2.45, 2.75) is 32.1 Å². The van der Waals surface area contributed by atoms with Gasteiger partial charge in [0.15, 0.2) is 0 Å². The minimum Gasteiger partial charge on any atom is -0.316 e. The molecule has 1 saturated carbocycles. The van der Waals surface area contributed by atoms with E-state index in [0.29, 0.717) is 23.1 Å². The van der Waals surface area contributed by atoms with Gasteiger partial charge in [-0.15, -0.1) is 0 Å². The van der Waals surface area contributed by atoms with Crippen LogP contribution in [0.15, 0.2) is 0 Å². The maximum absolute atomic E-state index is 10.4. The highest BCUT2D eigenvalue weighted by Gasteiger charge is 2.12. The minimum atomic E-state index is -3.85. The lowest BCUT2D eigenvalue weighted by Gasteiger charge is -2.21. The van der Waals surface area contributed by atoms with Gasteiger partial charge in [0.25, 0.3) is 0 Å². The van der Waals surface area contributed by atoms with Gasteiger partial charge in [0, 0.05) is 12.3 Å². The summed E-state index contributed by atoms with van der Waals surface area (Å²) in [6.45, 7) is 1.62. The largest absolute Gasteiger partial charge is 0.319 e. The first-order valence-electron chi connectivity index (χ1n) is 5.40. The van der Waals surface area contributed by atoms with Crippen LogP contribution in [0.2, 0.25) is 0 Å². The Morgan fingerprint density at radius 1 is 1.27 bits per heavy atom. The van der Waals surface area contributed by atoms with Gasteiger partial charge in [-0.05, 0) is 36.1 Å². The standard InChI is InChI=1S/C9H19NO3S2/c11-15(12,13)14-7-6-10-8-9-4-2-1-3-5-9/h9-10H,1-8H2,(H,11,12,13). The van der Waals surface area contributed by atoms with E-state index in [1.165, 1.54) is 32.1 Å². The summed E-state index contributed by atoms with van der Waals surface area (Å²) < 4.78 is 29.2. The quantitative estimate of drug-likeness (QED) is 0.428. The van der Waals surface area contributed by atoms with Crippen molar-refractivity contribution in [3.8, 4) is 0 Å². The van der Waals surface area contributed by atoms with Crippen LogP contribution in [0.3, 0.4) is 0 Å². The molecule has 90 valence electrons. The van der Waals surface area contributed by atoms with Crippen LogP contribution in [0.4, 0.5) is 0 Å². The van der Waals surface area contributed by atoms with Gasteiger partial charge in [0.1, 0.15) is 0 Å². The van der Waals surface area contributed by atoms with Crippen molar-refractivity contribution < 1.29 is 13.0 Å². The topological polar surface area (TPSA) is 66.4 Å². The van der Waals surface area contributed by atoms with Gasteiger partial charge in [-0.2, -0.15) is 8.42 Å². The molecule has 0 aromatic rings. The van der Waals surface area contributed by atoms with Gasteiger partial charge >= 0.3 is 9.15 Å². The van der Waals surface area contributed by atoms with E-state index >= 15 is 0 Å². The van der Waals surface area contributed by atoms with Crippen LogP contribution in [0.5, 0.6) is 0 Å². The van der Waals surface area contributed by atoms with Crippen LogP contribution in [-0.4, -0.2) is 31.8 Å². The molecule has 1 fully saturated rings. The maximum atomic E-state index is 10.4. The molecule has 0 heterocycles. The Balaban J connectivity index is 1.96. The number of rotatable bonds is 6. The maximum Gasteiger partial charge on any atom is 0.319 e. The Labute approximate surface area is 95.4 Å². The summed E-state index contributed by atoms with van der Waals surface area (Å²) in [5.41, 5.74) is 0. The fourth-order valence-electron chi connectivity index (χ4n) is 1.92. The van der Waals surface area contributed by atoms with Crippen molar-refractivity contribution >= 4 is 19.9 Å². The van der Waals surface area contributed by atoms with Crippen LogP contribution >= 0.6 is 10.8 Å². The molecule has 0 radical (unpaired) electrons. The Morgan fingerprint density at radius 3 is 2.53 bits per heavy atom. The molecule has 0 spiro atoms. The molecule has 2 N–H and O–H groups in total. The summed E-state index contributed by atoms with van der Waals surface area (Å²) >= 11 is 0. The van der Waals surface area contributed by atoms with Gasteiger partial charge in [-0.25, -0.2) is 0 Å². The van der Waals surface area contributed by atoms with Crippen molar-refractivity contribution in [1.82, 2.24) is 5.32 Å². The lowest BCUT2D eigenvalue weighted by molar-refractivity contribution is 0.345. The van der Waals surface area contributed by atoms with Gasteiger partial charge in [0.2, 0.25) is 0 Å². The molecule has 15 heavy (non-hydrogen) atoms. The second kappa shape index (κ2) is 6.73. The summed E-state index contributed by atoms with van der Waals surface area (Å²) in [4.78, 5) is 0. The normalized spacial score (nSPS) is 19.3.